The molecule has 19 heavy (non-hydrogen) atoms. The minimum absolute atomic E-state index is 0.0106. The molecule has 0 bridgehead atoms. The third kappa shape index (κ3) is 1.51. The van der Waals surface area contributed by atoms with Crippen LogP contribution < -0.4 is 0 Å². The van der Waals surface area contributed by atoms with Crippen molar-refractivity contribution < 1.29 is 0 Å². The molecule has 0 atom stereocenters. The molecule has 3 rings (SSSR count). The minimum atomic E-state index is 0.0106. The smallest absolute Gasteiger partial charge is 0.199 e. The monoisotopic (exact) mass is 248 g/mol. The number of imidazole rings is 1. The number of hydrogen-bond donors (Lipinski definition) is 0. The van der Waals surface area contributed by atoms with Crippen LogP contribution in [-0.2, 0) is 6.42 Å². The Labute approximate surface area is 108 Å². The SMILES string of the molecule is CCc1cccn2c1nc1nc(C#N)c(C#N)nc12. The highest BCUT2D eigenvalue weighted by Gasteiger charge is 2.14. The zero-order valence-electron chi connectivity index (χ0n) is 10.1. The summed E-state index contributed by atoms with van der Waals surface area (Å²) >= 11 is 0. The first-order valence-corrected chi connectivity index (χ1v) is 5.76. The van der Waals surface area contributed by atoms with Gasteiger partial charge in [0.25, 0.3) is 0 Å². The lowest BCUT2D eigenvalue weighted by molar-refractivity contribution is 1.08. The molecule has 3 heterocycles. The minimum Gasteiger partial charge on any atom is -0.282 e. The van der Waals surface area contributed by atoms with Crippen molar-refractivity contribution in [1.29, 1.82) is 10.5 Å². The van der Waals surface area contributed by atoms with Gasteiger partial charge in [0.05, 0.1) is 0 Å². The average molecular weight is 248 g/mol. The number of nitrogens with zero attached hydrogens (tertiary/aromatic N) is 6. The fraction of sp³-hybridized carbons (Fsp3) is 0.154. The van der Waals surface area contributed by atoms with E-state index in [0.717, 1.165) is 17.6 Å². The fourth-order valence-corrected chi connectivity index (χ4v) is 2.03. The van der Waals surface area contributed by atoms with Crippen LogP contribution in [0.4, 0.5) is 0 Å². The van der Waals surface area contributed by atoms with Crippen molar-refractivity contribution in [2.45, 2.75) is 13.3 Å². The van der Waals surface area contributed by atoms with Crippen molar-refractivity contribution in [3.05, 3.63) is 35.3 Å². The summed E-state index contributed by atoms with van der Waals surface area (Å²) < 4.78 is 1.79. The summed E-state index contributed by atoms with van der Waals surface area (Å²) in [6.07, 6.45) is 2.66. The van der Waals surface area contributed by atoms with Crippen LogP contribution in [0.2, 0.25) is 0 Å². The van der Waals surface area contributed by atoms with E-state index < -0.39 is 0 Å². The Morgan fingerprint density at radius 1 is 1.11 bits per heavy atom. The van der Waals surface area contributed by atoms with E-state index in [1.54, 1.807) is 4.40 Å². The Morgan fingerprint density at radius 3 is 2.53 bits per heavy atom. The summed E-state index contributed by atoms with van der Waals surface area (Å²) in [6.45, 7) is 2.04. The van der Waals surface area contributed by atoms with Crippen molar-refractivity contribution in [3.8, 4) is 12.1 Å². The molecule has 0 unspecified atom stereocenters. The highest BCUT2D eigenvalue weighted by molar-refractivity contribution is 5.75. The second-order valence-corrected chi connectivity index (χ2v) is 3.98. The van der Waals surface area contributed by atoms with Gasteiger partial charge in [0, 0.05) is 6.20 Å². The summed E-state index contributed by atoms with van der Waals surface area (Å²) in [5.74, 6) is 0. The average Bonchev–Trinajstić information content (AvgIpc) is 2.83. The highest BCUT2D eigenvalue weighted by atomic mass is 15.1. The van der Waals surface area contributed by atoms with Crippen LogP contribution in [0, 0.1) is 22.7 Å². The Kier molecular flexibility index (Phi) is 2.36. The molecule has 6 nitrogen and oxygen atoms in total. The molecule has 90 valence electrons. The molecule has 6 heteroatoms. The van der Waals surface area contributed by atoms with Crippen molar-refractivity contribution in [3.63, 3.8) is 0 Å². The van der Waals surface area contributed by atoms with Gasteiger partial charge in [-0.2, -0.15) is 10.5 Å². The first-order valence-electron chi connectivity index (χ1n) is 5.76. The topological polar surface area (TPSA) is 90.7 Å². The molecule has 0 fully saturated rings. The van der Waals surface area contributed by atoms with Gasteiger partial charge in [0.2, 0.25) is 0 Å². The number of nitriles is 2. The second kappa shape index (κ2) is 4.04. The van der Waals surface area contributed by atoms with Crippen molar-refractivity contribution in [2.24, 2.45) is 0 Å². The molecular formula is C13H8N6. The number of pyridine rings is 1. The van der Waals surface area contributed by atoms with Gasteiger partial charge >= 0.3 is 0 Å². The summed E-state index contributed by atoms with van der Waals surface area (Å²) in [7, 11) is 0. The van der Waals surface area contributed by atoms with Crippen LogP contribution in [0.3, 0.4) is 0 Å². The molecule has 0 saturated heterocycles. The van der Waals surface area contributed by atoms with Gasteiger partial charge in [0.1, 0.15) is 17.8 Å². The van der Waals surface area contributed by atoms with Gasteiger partial charge in [-0.15, -0.1) is 0 Å². The molecule has 0 aliphatic rings. The first-order chi connectivity index (χ1) is 9.28. The molecule has 0 saturated carbocycles. The lowest BCUT2D eigenvalue weighted by Gasteiger charge is -1.99. The zero-order chi connectivity index (χ0) is 13.4. The quantitative estimate of drug-likeness (QED) is 0.652. The standard InChI is InChI=1S/C13H8N6/c1-2-8-4-3-5-19-12(8)18-11-13(19)17-10(7-15)9(6-14)16-11/h3-5H,2H2,1H3. The van der Waals surface area contributed by atoms with Gasteiger partial charge in [0.15, 0.2) is 22.7 Å². The van der Waals surface area contributed by atoms with E-state index in [0.29, 0.717) is 11.3 Å². The first kappa shape index (κ1) is 11.1. The van der Waals surface area contributed by atoms with Gasteiger partial charge in [-0.3, -0.25) is 4.40 Å². The summed E-state index contributed by atoms with van der Waals surface area (Å²) in [5.41, 5.74) is 2.76. The Balaban J connectivity index is 2.49. The van der Waals surface area contributed by atoms with Gasteiger partial charge in [-0.25, -0.2) is 15.0 Å². The third-order valence-corrected chi connectivity index (χ3v) is 2.94. The largest absolute Gasteiger partial charge is 0.282 e. The van der Waals surface area contributed by atoms with Gasteiger partial charge in [-0.05, 0) is 18.1 Å². The van der Waals surface area contributed by atoms with E-state index in [2.05, 4.69) is 15.0 Å². The maximum Gasteiger partial charge on any atom is 0.199 e. The molecule has 0 spiro atoms. The number of hydrogen-bond acceptors (Lipinski definition) is 5. The van der Waals surface area contributed by atoms with E-state index >= 15 is 0 Å². The summed E-state index contributed by atoms with van der Waals surface area (Å²) in [5, 5.41) is 17.9. The Morgan fingerprint density at radius 2 is 1.84 bits per heavy atom. The van der Waals surface area contributed by atoms with Crippen LogP contribution in [-0.4, -0.2) is 19.4 Å². The third-order valence-electron chi connectivity index (χ3n) is 2.94. The number of rotatable bonds is 1. The van der Waals surface area contributed by atoms with Crippen LogP contribution >= 0.6 is 0 Å². The summed E-state index contributed by atoms with van der Waals surface area (Å²) in [6, 6.07) is 7.64. The van der Waals surface area contributed by atoms with Gasteiger partial charge in [-0.1, -0.05) is 13.0 Å². The maximum atomic E-state index is 8.99. The molecule has 0 aliphatic carbocycles. The normalized spacial score (nSPS) is 10.5. The molecular weight excluding hydrogens is 240 g/mol. The van der Waals surface area contributed by atoms with Crippen molar-refractivity contribution >= 4 is 16.9 Å². The van der Waals surface area contributed by atoms with E-state index in [-0.39, 0.29) is 11.4 Å². The second-order valence-electron chi connectivity index (χ2n) is 3.98. The van der Waals surface area contributed by atoms with Crippen molar-refractivity contribution in [2.75, 3.05) is 0 Å². The molecule has 0 aromatic carbocycles. The number of aryl methyl sites for hydroxylation is 1. The molecule has 0 radical (unpaired) electrons. The maximum absolute atomic E-state index is 8.99. The lowest BCUT2D eigenvalue weighted by Crippen LogP contribution is -1.96. The van der Waals surface area contributed by atoms with Crippen LogP contribution in [0.1, 0.15) is 23.9 Å². The lowest BCUT2D eigenvalue weighted by atomic mass is 10.2. The van der Waals surface area contributed by atoms with E-state index in [1.807, 2.05) is 37.4 Å². The molecule has 0 N–H and O–H groups in total. The number of fused-ring (bicyclic) bond motifs is 3. The van der Waals surface area contributed by atoms with Crippen LogP contribution in [0.15, 0.2) is 18.3 Å². The Bertz CT molecular complexity index is 878. The summed E-state index contributed by atoms with van der Waals surface area (Å²) in [4.78, 5) is 12.7. The molecule has 0 amide bonds. The fourth-order valence-electron chi connectivity index (χ4n) is 2.03. The molecule has 0 aliphatic heterocycles. The Hall–Kier alpha value is -2.99. The predicted molar refractivity (Wildman–Crippen MR) is 67.1 cm³/mol. The highest BCUT2D eigenvalue weighted by Crippen LogP contribution is 2.18. The molecule has 3 aromatic heterocycles. The zero-order valence-corrected chi connectivity index (χ0v) is 10.1. The number of aromatic nitrogens is 4. The van der Waals surface area contributed by atoms with Crippen LogP contribution in [0.5, 0.6) is 0 Å². The van der Waals surface area contributed by atoms with Crippen molar-refractivity contribution in [1.82, 2.24) is 19.4 Å². The van der Waals surface area contributed by atoms with E-state index in [1.165, 1.54) is 0 Å². The van der Waals surface area contributed by atoms with Crippen LogP contribution in [0.25, 0.3) is 16.9 Å². The van der Waals surface area contributed by atoms with E-state index in [4.69, 9.17) is 10.5 Å². The van der Waals surface area contributed by atoms with E-state index in [9.17, 15) is 0 Å². The molecule has 3 aromatic rings. The van der Waals surface area contributed by atoms with Gasteiger partial charge < -0.3 is 0 Å². The predicted octanol–water partition coefficient (Wildman–Crippen LogP) is 1.58.